The standard InChI is InChI=1S/C29H26ClF3N4O3/c1-15(16-2-7-20(38)8-3-16)34-27(39)17-4-9-21-22-13-18(6-11-25(22)37-26(21)12-17)35-28(40)36-19-5-10-24(30)23(14-19)29(31,32)33/h2-5,7-10,12,14-15,18,37-38H,6,11,13H2,1H3,(H,34,39)(H2,35,36,40). The minimum absolute atomic E-state index is 0.0108. The first kappa shape index (κ1) is 27.4. The Morgan fingerprint density at radius 3 is 2.55 bits per heavy atom. The van der Waals surface area contributed by atoms with Gasteiger partial charge in [-0.3, -0.25) is 4.79 Å². The number of carbonyl (C=O) groups excluding carboxylic acids is 2. The van der Waals surface area contributed by atoms with Crippen LogP contribution in [0.25, 0.3) is 10.9 Å². The predicted molar refractivity (Wildman–Crippen MR) is 147 cm³/mol. The Balaban J connectivity index is 1.24. The topological polar surface area (TPSA) is 106 Å². The van der Waals surface area contributed by atoms with Gasteiger partial charge in [0.1, 0.15) is 5.75 Å². The quantitative estimate of drug-likeness (QED) is 0.184. The number of alkyl halides is 3. The Morgan fingerprint density at radius 2 is 1.82 bits per heavy atom. The number of aromatic nitrogens is 1. The van der Waals surface area contributed by atoms with Crippen LogP contribution in [0.1, 0.15) is 52.1 Å². The lowest BCUT2D eigenvalue weighted by Gasteiger charge is -2.24. The number of phenols is 1. The summed E-state index contributed by atoms with van der Waals surface area (Å²) < 4.78 is 39.4. The van der Waals surface area contributed by atoms with Crippen LogP contribution >= 0.6 is 11.6 Å². The second-order valence-electron chi connectivity index (χ2n) is 9.86. The number of urea groups is 1. The van der Waals surface area contributed by atoms with Crippen molar-refractivity contribution in [3.63, 3.8) is 0 Å². The van der Waals surface area contributed by atoms with E-state index in [0.29, 0.717) is 24.8 Å². The van der Waals surface area contributed by atoms with Crippen LogP contribution in [0.2, 0.25) is 5.02 Å². The molecule has 3 aromatic carbocycles. The number of H-pyrrole nitrogens is 1. The second-order valence-corrected chi connectivity index (χ2v) is 10.3. The van der Waals surface area contributed by atoms with Crippen LogP contribution in [-0.2, 0) is 19.0 Å². The van der Waals surface area contributed by atoms with Crippen LogP contribution in [0.4, 0.5) is 23.7 Å². The maximum Gasteiger partial charge on any atom is 0.417 e. The van der Waals surface area contributed by atoms with Gasteiger partial charge in [0.15, 0.2) is 0 Å². The Kier molecular flexibility index (Phi) is 7.37. The van der Waals surface area contributed by atoms with E-state index in [4.69, 9.17) is 11.6 Å². The molecule has 0 spiro atoms. The number of benzene rings is 3. The minimum atomic E-state index is -4.63. The lowest BCUT2D eigenvalue weighted by Crippen LogP contribution is -2.41. The Morgan fingerprint density at radius 1 is 1.07 bits per heavy atom. The normalized spacial score (nSPS) is 15.8. The highest BCUT2D eigenvalue weighted by Gasteiger charge is 2.33. The molecule has 1 heterocycles. The van der Waals surface area contributed by atoms with Crippen LogP contribution in [0, 0.1) is 0 Å². The van der Waals surface area contributed by atoms with Crippen LogP contribution < -0.4 is 16.0 Å². The zero-order valence-electron chi connectivity index (χ0n) is 21.3. The maximum absolute atomic E-state index is 13.1. The van der Waals surface area contributed by atoms with E-state index >= 15 is 0 Å². The molecule has 3 amide bonds. The summed E-state index contributed by atoms with van der Waals surface area (Å²) in [5, 5.41) is 18.3. The number of rotatable bonds is 5. The van der Waals surface area contributed by atoms with Crippen molar-refractivity contribution in [3.05, 3.63) is 93.6 Å². The third-order valence-electron chi connectivity index (χ3n) is 7.06. The number of carbonyl (C=O) groups is 2. The predicted octanol–water partition coefficient (Wildman–Crippen LogP) is 6.72. The molecule has 5 rings (SSSR count). The highest BCUT2D eigenvalue weighted by Crippen LogP contribution is 2.36. The van der Waals surface area contributed by atoms with Gasteiger partial charge in [0.25, 0.3) is 5.91 Å². The van der Waals surface area contributed by atoms with E-state index in [0.717, 1.165) is 39.9 Å². The van der Waals surface area contributed by atoms with Crippen molar-refractivity contribution in [3.8, 4) is 5.75 Å². The third-order valence-corrected chi connectivity index (χ3v) is 7.39. The van der Waals surface area contributed by atoms with Gasteiger partial charge in [-0.1, -0.05) is 29.8 Å². The van der Waals surface area contributed by atoms with Gasteiger partial charge in [0.2, 0.25) is 0 Å². The Bertz CT molecular complexity index is 1580. The molecule has 0 radical (unpaired) electrons. The SMILES string of the molecule is CC(NC(=O)c1ccc2c3c([nH]c2c1)CCC(NC(=O)Nc1ccc(Cl)c(C(F)(F)F)c1)C3)c1ccc(O)cc1. The Hall–Kier alpha value is -4.18. The molecule has 1 aliphatic carbocycles. The average Bonchev–Trinajstić information content (AvgIpc) is 3.26. The van der Waals surface area contributed by atoms with Crippen LogP contribution in [0.5, 0.6) is 5.75 Å². The molecule has 11 heteroatoms. The Labute approximate surface area is 232 Å². The number of hydrogen-bond donors (Lipinski definition) is 5. The molecule has 1 aromatic heterocycles. The largest absolute Gasteiger partial charge is 0.508 e. The van der Waals surface area contributed by atoms with Gasteiger partial charge in [-0.25, -0.2) is 4.79 Å². The summed E-state index contributed by atoms with van der Waals surface area (Å²) >= 11 is 5.66. The number of amides is 3. The summed E-state index contributed by atoms with van der Waals surface area (Å²) in [5.74, 6) is -0.0790. The van der Waals surface area contributed by atoms with Gasteiger partial charge in [-0.15, -0.1) is 0 Å². The summed E-state index contributed by atoms with van der Waals surface area (Å²) in [5.41, 5.74) is 3.19. The molecule has 0 saturated heterocycles. The summed E-state index contributed by atoms with van der Waals surface area (Å²) in [4.78, 5) is 28.9. The van der Waals surface area contributed by atoms with Crippen molar-refractivity contribution in [2.24, 2.45) is 0 Å². The highest BCUT2D eigenvalue weighted by molar-refractivity contribution is 6.31. The third kappa shape index (κ3) is 5.86. The molecule has 2 atom stereocenters. The first-order valence-electron chi connectivity index (χ1n) is 12.7. The lowest BCUT2D eigenvalue weighted by atomic mass is 9.91. The highest BCUT2D eigenvalue weighted by atomic mass is 35.5. The number of aromatic hydroxyl groups is 1. The van der Waals surface area contributed by atoms with Crippen molar-refractivity contribution in [1.29, 1.82) is 0 Å². The number of nitrogens with one attached hydrogen (secondary N) is 4. The molecule has 0 saturated carbocycles. The zero-order chi connectivity index (χ0) is 28.6. The van der Waals surface area contributed by atoms with Gasteiger partial charge in [0, 0.05) is 33.9 Å². The van der Waals surface area contributed by atoms with E-state index in [2.05, 4.69) is 20.9 Å². The van der Waals surface area contributed by atoms with E-state index in [9.17, 15) is 27.9 Å². The van der Waals surface area contributed by atoms with Crippen LogP contribution in [0.15, 0.2) is 60.7 Å². The number of aryl methyl sites for hydroxylation is 1. The van der Waals surface area contributed by atoms with Gasteiger partial charge < -0.3 is 26.0 Å². The molecule has 40 heavy (non-hydrogen) atoms. The monoisotopic (exact) mass is 570 g/mol. The molecule has 5 N–H and O–H groups in total. The number of aromatic amines is 1. The molecular formula is C29H26ClF3N4O3. The maximum atomic E-state index is 13.1. The second kappa shape index (κ2) is 10.8. The smallest absolute Gasteiger partial charge is 0.417 e. The summed E-state index contributed by atoms with van der Waals surface area (Å²) in [6.45, 7) is 1.86. The molecule has 1 aliphatic rings. The molecular weight excluding hydrogens is 545 g/mol. The van der Waals surface area contributed by atoms with E-state index in [1.165, 1.54) is 6.07 Å². The first-order chi connectivity index (χ1) is 19.0. The summed E-state index contributed by atoms with van der Waals surface area (Å²) in [6.07, 6.45) is -2.81. The van der Waals surface area contributed by atoms with E-state index in [1.807, 2.05) is 13.0 Å². The molecule has 0 aliphatic heterocycles. The first-order valence-corrected chi connectivity index (χ1v) is 13.0. The summed E-state index contributed by atoms with van der Waals surface area (Å²) in [6, 6.07) is 14.2. The fraction of sp³-hybridized carbons (Fsp3) is 0.241. The average molecular weight is 571 g/mol. The molecule has 4 aromatic rings. The number of halogens is 4. The zero-order valence-corrected chi connectivity index (χ0v) is 22.1. The van der Waals surface area contributed by atoms with E-state index < -0.39 is 22.8 Å². The van der Waals surface area contributed by atoms with Crippen molar-refractivity contribution in [1.82, 2.24) is 15.6 Å². The minimum Gasteiger partial charge on any atom is -0.508 e. The number of hydrogen-bond acceptors (Lipinski definition) is 3. The van der Waals surface area contributed by atoms with E-state index in [-0.39, 0.29) is 29.4 Å². The molecule has 208 valence electrons. The van der Waals surface area contributed by atoms with Crippen molar-refractivity contribution in [2.75, 3.05) is 5.32 Å². The van der Waals surface area contributed by atoms with E-state index in [1.54, 1.807) is 36.4 Å². The van der Waals surface area contributed by atoms with Crippen LogP contribution in [-0.4, -0.2) is 28.1 Å². The fourth-order valence-corrected chi connectivity index (χ4v) is 5.21. The van der Waals surface area contributed by atoms with Gasteiger partial charge in [0.05, 0.1) is 16.6 Å². The molecule has 7 nitrogen and oxygen atoms in total. The van der Waals surface area contributed by atoms with Crippen LogP contribution in [0.3, 0.4) is 0 Å². The van der Waals surface area contributed by atoms with Gasteiger partial charge in [-0.2, -0.15) is 13.2 Å². The molecule has 0 fully saturated rings. The molecule has 0 bridgehead atoms. The van der Waals surface area contributed by atoms with Gasteiger partial charge >= 0.3 is 12.2 Å². The fourth-order valence-electron chi connectivity index (χ4n) is 4.99. The summed E-state index contributed by atoms with van der Waals surface area (Å²) in [7, 11) is 0. The lowest BCUT2D eigenvalue weighted by molar-refractivity contribution is -0.137. The van der Waals surface area contributed by atoms with Crippen molar-refractivity contribution in [2.45, 2.75) is 44.4 Å². The van der Waals surface area contributed by atoms with Crippen molar-refractivity contribution >= 4 is 40.1 Å². The van der Waals surface area contributed by atoms with Crippen molar-refractivity contribution < 1.29 is 27.9 Å². The molecule has 2 unspecified atom stereocenters. The number of fused-ring (bicyclic) bond motifs is 3. The number of phenolic OH excluding ortho intramolecular Hbond substituents is 1. The van der Waals surface area contributed by atoms with Gasteiger partial charge in [-0.05, 0) is 79.8 Å². The number of anilines is 1.